The first-order valence-corrected chi connectivity index (χ1v) is 9.22. The van der Waals surface area contributed by atoms with E-state index in [4.69, 9.17) is 0 Å². The van der Waals surface area contributed by atoms with Gasteiger partial charge in [0, 0.05) is 42.9 Å². The van der Waals surface area contributed by atoms with Gasteiger partial charge in [0.2, 0.25) is 5.43 Å². The van der Waals surface area contributed by atoms with Crippen LogP contribution in [0.4, 0.5) is 14.5 Å². The Morgan fingerprint density at radius 2 is 1.93 bits per heavy atom. The molecule has 0 aliphatic carbocycles. The number of nitrogens with zero attached hydrogens (tertiary/aromatic N) is 2. The van der Waals surface area contributed by atoms with Gasteiger partial charge in [-0.15, -0.1) is 0 Å². The molecule has 0 bridgehead atoms. The molecule has 2 N–H and O–H groups in total. The van der Waals surface area contributed by atoms with Gasteiger partial charge in [0.05, 0.1) is 11.2 Å². The number of aromatic nitrogens is 1. The van der Waals surface area contributed by atoms with E-state index in [-0.39, 0.29) is 11.4 Å². The van der Waals surface area contributed by atoms with Gasteiger partial charge in [-0.05, 0) is 43.3 Å². The van der Waals surface area contributed by atoms with Gasteiger partial charge in [0.15, 0.2) is 0 Å². The number of hydrogen-bond acceptors (Lipinski definition) is 4. The quantitative estimate of drug-likeness (QED) is 0.709. The van der Waals surface area contributed by atoms with Gasteiger partial charge in [-0.1, -0.05) is 0 Å². The second-order valence-electron chi connectivity index (χ2n) is 7.09. The third-order valence-electron chi connectivity index (χ3n) is 5.22. The molecule has 6 nitrogen and oxygen atoms in total. The number of aromatic carboxylic acids is 1. The Kier molecular flexibility index (Phi) is 4.79. The second kappa shape index (κ2) is 7.29. The number of hydrogen-bond donors (Lipinski definition) is 2. The van der Waals surface area contributed by atoms with Crippen molar-refractivity contribution >= 4 is 22.6 Å². The molecule has 4 rings (SSSR count). The van der Waals surface area contributed by atoms with Gasteiger partial charge in [0.25, 0.3) is 0 Å². The number of fused-ring (bicyclic) bond motifs is 1. The van der Waals surface area contributed by atoms with Gasteiger partial charge in [-0.2, -0.15) is 0 Å². The van der Waals surface area contributed by atoms with Crippen LogP contribution in [-0.4, -0.2) is 41.3 Å². The standard InChI is InChI=1S/C21H19F2N3O3/c1-12-10-24-6-7-25(12)19-9-18-15(8-17(19)23)20(27)16(21(28)29)11-26(18)14-4-2-13(22)3-5-14/h2-5,8-9,11-12,24H,6-7,10H2,1H3,(H,28,29). The molecular formula is C21H19F2N3O3. The summed E-state index contributed by atoms with van der Waals surface area (Å²) in [5, 5.41) is 12.6. The Balaban J connectivity index is 2.02. The molecule has 1 aromatic heterocycles. The summed E-state index contributed by atoms with van der Waals surface area (Å²) in [7, 11) is 0. The Labute approximate surface area is 165 Å². The monoisotopic (exact) mass is 399 g/mol. The van der Waals surface area contributed by atoms with Crippen molar-refractivity contribution in [1.82, 2.24) is 9.88 Å². The number of rotatable bonds is 3. The summed E-state index contributed by atoms with van der Waals surface area (Å²) >= 11 is 0. The fraction of sp³-hybridized carbons (Fsp3) is 0.238. The fourth-order valence-electron chi connectivity index (χ4n) is 3.72. The van der Waals surface area contributed by atoms with Crippen molar-refractivity contribution < 1.29 is 18.7 Å². The number of anilines is 1. The fourth-order valence-corrected chi connectivity index (χ4v) is 3.72. The number of halogens is 2. The van der Waals surface area contributed by atoms with Crippen LogP contribution in [0.2, 0.25) is 0 Å². The van der Waals surface area contributed by atoms with Crippen molar-refractivity contribution in [3.8, 4) is 5.69 Å². The summed E-state index contributed by atoms with van der Waals surface area (Å²) in [4.78, 5) is 26.1. The van der Waals surface area contributed by atoms with Crippen molar-refractivity contribution in [2.75, 3.05) is 24.5 Å². The van der Waals surface area contributed by atoms with Crippen molar-refractivity contribution in [3.05, 3.63) is 70.0 Å². The van der Waals surface area contributed by atoms with Crippen LogP contribution in [0.15, 0.2) is 47.4 Å². The van der Waals surface area contributed by atoms with Crippen LogP contribution in [-0.2, 0) is 0 Å². The van der Waals surface area contributed by atoms with Crippen LogP contribution in [0, 0.1) is 11.6 Å². The van der Waals surface area contributed by atoms with E-state index in [0.29, 0.717) is 36.5 Å². The smallest absolute Gasteiger partial charge is 0.341 e. The molecule has 1 atom stereocenters. The Hall–Kier alpha value is -3.26. The van der Waals surface area contributed by atoms with E-state index < -0.39 is 28.6 Å². The van der Waals surface area contributed by atoms with Crippen molar-refractivity contribution in [2.24, 2.45) is 0 Å². The summed E-state index contributed by atoms with van der Waals surface area (Å²) in [5.74, 6) is -2.44. The highest BCUT2D eigenvalue weighted by Crippen LogP contribution is 2.28. The molecule has 0 saturated carbocycles. The van der Waals surface area contributed by atoms with Crippen LogP contribution in [0.5, 0.6) is 0 Å². The zero-order valence-corrected chi connectivity index (χ0v) is 15.7. The predicted molar refractivity (Wildman–Crippen MR) is 106 cm³/mol. The van der Waals surface area contributed by atoms with E-state index in [9.17, 15) is 23.5 Å². The van der Waals surface area contributed by atoms with Gasteiger partial charge < -0.3 is 19.9 Å². The summed E-state index contributed by atoms with van der Waals surface area (Å²) in [6, 6.07) is 8.12. The molecule has 1 aliphatic heterocycles. The van der Waals surface area contributed by atoms with E-state index in [1.165, 1.54) is 35.0 Å². The number of benzene rings is 2. The Morgan fingerprint density at radius 3 is 2.59 bits per heavy atom. The lowest BCUT2D eigenvalue weighted by molar-refractivity contribution is 0.0695. The SMILES string of the molecule is CC1CNCCN1c1cc2c(cc1F)c(=O)c(C(=O)O)cn2-c1ccc(F)cc1. The predicted octanol–water partition coefficient (Wildman–Crippen LogP) is 2.77. The first-order valence-electron chi connectivity index (χ1n) is 9.22. The van der Waals surface area contributed by atoms with Gasteiger partial charge >= 0.3 is 5.97 Å². The maximum atomic E-state index is 15.0. The third-order valence-corrected chi connectivity index (χ3v) is 5.22. The molecule has 2 heterocycles. The molecule has 0 spiro atoms. The van der Waals surface area contributed by atoms with Crippen molar-refractivity contribution in [2.45, 2.75) is 13.0 Å². The van der Waals surface area contributed by atoms with E-state index in [1.54, 1.807) is 6.07 Å². The molecule has 0 radical (unpaired) electrons. The number of carboxylic acids is 1. The van der Waals surface area contributed by atoms with Gasteiger partial charge in [0.1, 0.15) is 17.2 Å². The normalized spacial score (nSPS) is 16.9. The molecule has 1 saturated heterocycles. The molecule has 150 valence electrons. The average molecular weight is 399 g/mol. The summed E-state index contributed by atoms with van der Waals surface area (Å²) in [6.07, 6.45) is 1.20. The minimum absolute atomic E-state index is 0.0417. The van der Waals surface area contributed by atoms with E-state index in [0.717, 1.165) is 6.07 Å². The minimum atomic E-state index is -1.41. The lowest BCUT2D eigenvalue weighted by Gasteiger charge is -2.36. The minimum Gasteiger partial charge on any atom is -0.477 e. The van der Waals surface area contributed by atoms with E-state index in [1.807, 2.05) is 11.8 Å². The van der Waals surface area contributed by atoms with Crippen LogP contribution < -0.4 is 15.6 Å². The molecule has 3 aromatic rings. The molecule has 8 heteroatoms. The molecule has 2 aromatic carbocycles. The number of piperazine rings is 1. The molecule has 1 aliphatic rings. The van der Waals surface area contributed by atoms with Crippen LogP contribution in [0.1, 0.15) is 17.3 Å². The van der Waals surface area contributed by atoms with Gasteiger partial charge in [-0.25, -0.2) is 13.6 Å². The molecule has 1 unspecified atom stereocenters. The van der Waals surface area contributed by atoms with Crippen LogP contribution in [0.3, 0.4) is 0 Å². The third kappa shape index (κ3) is 3.36. The molecule has 1 fully saturated rings. The first-order chi connectivity index (χ1) is 13.9. The largest absolute Gasteiger partial charge is 0.477 e. The van der Waals surface area contributed by atoms with Crippen LogP contribution in [0.25, 0.3) is 16.6 Å². The highest BCUT2D eigenvalue weighted by atomic mass is 19.1. The topological polar surface area (TPSA) is 74.6 Å². The Bertz CT molecular complexity index is 1160. The number of carbonyl (C=O) groups is 1. The maximum absolute atomic E-state index is 15.0. The lowest BCUT2D eigenvalue weighted by Crippen LogP contribution is -2.50. The second-order valence-corrected chi connectivity index (χ2v) is 7.09. The number of carboxylic acid groups (broad SMARTS) is 1. The summed E-state index contributed by atoms with van der Waals surface area (Å²) < 4.78 is 29.8. The first kappa shape index (κ1) is 19.1. The average Bonchev–Trinajstić information content (AvgIpc) is 2.69. The zero-order chi connectivity index (χ0) is 20.7. The highest BCUT2D eigenvalue weighted by molar-refractivity contribution is 5.94. The van der Waals surface area contributed by atoms with Gasteiger partial charge in [-0.3, -0.25) is 4.79 Å². The lowest BCUT2D eigenvalue weighted by atomic mass is 10.1. The molecule has 29 heavy (non-hydrogen) atoms. The van der Waals surface area contributed by atoms with E-state index >= 15 is 0 Å². The van der Waals surface area contributed by atoms with Crippen molar-refractivity contribution in [1.29, 1.82) is 0 Å². The highest BCUT2D eigenvalue weighted by Gasteiger charge is 2.24. The molecule has 0 amide bonds. The molecular weight excluding hydrogens is 380 g/mol. The van der Waals surface area contributed by atoms with Crippen LogP contribution >= 0.6 is 0 Å². The summed E-state index contributed by atoms with van der Waals surface area (Å²) in [6.45, 7) is 3.96. The van der Waals surface area contributed by atoms with E-state index in [2.05, 4.69) is 5.32 Å². The number of nitrogens with one attached hydrogen (secondary N) is 1. The zero-order valence-electron chi connectivity index (χ0n) is 15.7. The Morgan fingerprint density at radius 1 is 1.21 bits per heavy atom. The summed E-state index contributed by atoms with van der Waals surface area (Å²) in [5.41, 5.74) is -0.0856. The maximum Gasteiger partial charge on any atom is 0.341 e. The number of pyridine rings is 1. The van der Waals surface area contributed by atoms with Crippen molar-refractivity contribution in [3.63, 3.8) is 0 Å².